The van der Waals surface area contributed by atoms with Gasteiger partial charge in [0, 0.05) is 25.6 Å². The van der Waals surface area contributed by atoms with Gasteiger partial charge in [0.25, 0.3) is 0 Å². The van der Waals surface area contributed by atoms with Gasteiger partial charge in [-0.2, -0.15) is 0 Å². The first-order valence-electron chi connectivity index (χ1n) is 6.14. The average Bonchev–Trinajstić information content (AvgIpc) is 2.37. The SMILES string of the molecule is COCc1ccc(CNC(=O)C(C)C(C)N)cc1. The number of nitrogens with two attached hydrogens (primary N) is 1. The van der Waals surface area contributed by atoms with E-state index in [4.69, 9.17) is 10.5 Å². The van der Waals surface area contributed by atoms with Crippen molar-refractivity contribution in [2.75, 3.05) is 7.11 Å². The van der Waals surface area contributed by atoms with Gasteiger partial charge in [-0.3, -0.25) is 4.79 Å². The number of rotatable bonds is 6. The van der Waals surface area contributed by atoms with Crippen LogP contribution in [-0.4, -0.2) is 19.1 Å². The minimum atomic E-state index is -0.169. The van der Waals surface area contributed by atoms with Crippen molar-refractivity contribution in [3.8, 4) is 0 Å². The maximum Gasteiger partial charge on any atom is 0.224 e. The summed E-state index contributed by atoms with van der Waals surface area (Å²) in [6.07, 6.45) is 0. The molecule has 2 atom stereocenters. The lowest BCUT2D eigenvalue weighted by Gasteiger charge is -2.15. The van der Waals surface area contributed by atoms with E-state index < -0.39 is 0 Å². The van der Waals surface area contributed by atoms with Gasteiger partial charge in [0.05, 0.1) is 6.61 Å². The van der Waals surface area contributed by atoms with Crippen molar-refractivity contribution < 1.29 is 9.53 Å². The van der Waals surface area contributed by atoms with E-state index in [1.54, 1.807) is 7.11 Å². The second-order valence-corrected chi connectivity index (χ2v) is 4.62. The lowest BCUT2D eigenvalue weighted by atomic mass is 10.0. The Morgan fingerprint density at radius 3 is 2.33 bits per heavy atom. The highest BCUT2D eigenvalue weighted by Gasteiger charge is 2.16. The molecule has 1 aromatic rings. The highest BCUT2D eigenvalue weighted by atomic mass is 16.5. The Kier molecular flexibility index (Phi) is 5.82. The minimum Gasteiger partial charge on any atom is -0.380 e. The molecule has 0 bridgehead atoms. The first-order valence-corrected chi connectivity index (χ1v) is 6.14. The Hall–Kier alpha value is -1.39. The first-order chi connectivity index (χ1) is 8.54. The van der Waals surface area contributed by atoms with E-state index in [9.17, 15) is 4.79 Å². The smallest absolute Gasteiger partial charge is 0.224 e. The van der Waals surface area contributed by atoms with Crippen LogP contribution in [0, 0.1) is 5.92 Å². The molecule has 0 heterocycles. The predicted octanol–water partition coefficient (Wildman–Crippen LogP) is 1.43. The molecule has 0 spiro atoms. The average molecular weight is 250 g/mol. The molecule has 4 nitrogen and oxygen atoms in total. The number of carbonyl (C=O) groups is 1. The molecule has 0 aliphatic rings. The number of carbonyl (C=O) groups excluding carboxylic acids is 1. The summed E-state index contributed by atoms with van der Waals surface area (Å²) in [4.78, 5) is 11.7. The molecule has 4 heteroatoms. The van der Waals surface area contributed by atoms with Crippen LogP contribution < -0.4 is 11.1 Å². The summed E-state index contributed by atoms with van der Waals surface area (Å²) in [5, 5.41) is 2.88. The fraction of sp³-hybridized carbons (Fsp3) is 0.500. The summed E-state index contributed by atoms with van der Waals surface area (Å²) in [6, 6.07) is 7.85. The van der Waals surface area contributed by atoms with Crippen molar-refractivity contribution in [3.63, 3.8) is 0 Å². The molecule has 0 aliphatic carbocycles. The van der Waals surface area contributed by atoms with E-state index in [0.717, 1.165) is 11.1 Å². The van der Waals surface area contributed by atoms with Gasteiger partial charge in [-0.05, 0) is 18.1 Å². The van der Waals surface area contributed by atoms with E-state index in [1.807, 2.05) is 38.1 Å². The third-order valence-electron chi connectivity index (χ3n) is 3.00. The molecule has 1 amide bonds. The quantitative estimate of drug-likeness (QED) is 0.803. The molecule has 18 heavy (non-hydrogen) atoms. The minimum absolute atomic E-state index is 0.00836. The summed E-state index contributed by atoms with van der Waals surface area (Å²) >= 11 is 0. The van der Waals surface area contributed by atoms with Gasteiger partial charge >= 0.3 is 0 Å². The zero-order chi connectivity index (χ0) is 13.5. The number of ether oxygens (including phenoxy) is 1. The number of hydrogen-bond acceptors (Lipinski definition) is 3. The number of benzene rings is 1. The summed E-state index contributed by atoms with van der Waals surface area (Å²) < 4.78 is 5.04. The maximum atomic E-state index is 11.7. The van der Waals surface area contributed by atoms with Crippen LogP contribution in [0.4, 0.5) is 0 Å². The predicted molar refractivity (Wildman–Crippen MR) is 71.8 cm³/mol. The van der Waals surface area contributed by atoms with Crippen molar-refractivity contribution in [2.45, 2.75) is 33.0 Å². The molecule has 1 rings (SSSR count). The van der Waals surface area contributed by atoms with Crippen LogP contribution in [0.2, 0.25) is 0 Å². The van der Waals surface area contributed by atoms with Crippen LogP contribution in [0.1, 0.15) is 25.0 Å². The monoisotopic (exact) mass is 250 g/mol. The van der Waals surface area contributed by atoms with Crippen molar-refractivity contribution >= 4 is 5.91 Å². The maximum absolute atomic E-state index is 11.7. The molecular formula is C14H22N2O2. The van der Waals surface area contributed by atoms with Gasteiger partial charge in [-0.1, -0.05) is 31.2 Å². The Bertz CT molecular complexity index is 374. The lowest BCUT2D eigenvalue weighted by Crippen LogP contribution is -2.38. The van der Waals surface area contributed by atoms with Crippen LogP contribution in [0.5, 0.6) is 0 Å². The third kappa shape index (κ3) is 4.47. The van der Waals surface area contributed by atoms with E-state index in [0.29, 0.717) is 13.2 Å². The van der Waals surface area contributed by atoms with Crippen LogP contribution in [0.3, 0.4) is 0 Å². The van der Waals surface area contributed by atoms with E-state index >= 15 is 0 Å². The molecule has 0 aromatic heterocycles. The molecule has 100 valence electrons. The molecule has 1 aromatic carbocycles. The fourth-order valence-corrected chi connectivity index (χ4v) is 1.51. The van der Waals surface area contributed by atoms with Gasteiger partial charge in [0.15, 0.2) is 0 Å². The summed E-state index contributed by atoms with van der Waals surface area (Å²) in [5.74, 6) is -0.177. The summed E-state index contributed by atoms with van der Waals surface area (Å²) in [5.41, 5.74) is 7.88. The summed E-state index contributed by atoms with van der Waals surface area (Å²) in [6.45, 7) is 4.81. The number of amides is 1. The molecule has 0 aliphatic heterocycles. The molecular weight excluding hydrogens is 228 g/mol. The molecule has 3 N–H and O–H groups in total. The van der Waals surface area contributed by atoms with Gasteiger partial charge in [-0.15, -0.1) is 0 Å². The zero-order valence-corrected chi connectivity index (χ0v) is 11.3. The number of methoxy groups -OCH3 is 1. The fourth-order valence-electron chi connectivity index (χ4n) is 1.51. The van der Waals surface area contributed by atoms with Crippen molar-refractivity contribution in [1.82, 2.24) is 5.32 Å². The van der Waals surface area contributed by atoms with E-state index in [1.165, 1.54) is 0 Å². The van der Waals surface area contributed by atoms with Crippen molar-refractivity contribution in [1.29, 1.82) is 0 Å². The number of hydrogen-bond donors (Lipinski definition) is 2. The van der Waals surface area contributed by atoms with Gasteiger partial charge < -0.3 is 15.8 Å². The van der Waals surface area contributed by atoms with Crippen molar-refractivity contribution in [3.05, 3.63) is 35.4 Å². The Labute approximate surface area is 109 Å². The topological polar surface area (TPSA) is 64.3 Å². The molecule has 0 fully saturated rings. The van der Waals surface area contributed by atoms with Crippen LogP contribution >= 0.6 is 0 Å². The van der Waals surface area contributed by atoms with Gasteiger partial charge in [0.2, 0.25) is 5.91 Å². The largest absolute Gasteiger partial charge is 0.380 e. The molecule has 2 unspecified atom stereocenters. The second kappa shape index (κ2) is 7.13. The molecule has 0 saturated carbocycles. The Morgan fingerprint density at radius 2 is 1.83 bits per heavy atom. The highest BCUT2D eigenvalue weighted by molar-refractivity contribution is 5.78. The lowest BCUT2D eigenvalue weighted by molar-refractivity contribution is -0.125. The van der Waals surface area contributed by atoms with Crippen LogP contribution in [0.15, 0.2) is 24.3 Å². The van der Waals surface area contributed by atoms with Gasteiger partial charge in [-0.25, -0.2) is 0 Å². The molecule has 0 radical (unpaired) electrons. The van der Waals surface area contributed by atoms with E-state index in [2.05, 4.69) is 5.32 Å². The van der Waals surface area contributed by atoms with Crippen LogP contribution in [-0.2, 0) is 22.7 Å². The highest BCUT2D eigenvalue weighted by Crippen LogP contribution is 2.06. The summed E-state index contributed by atoms with van der Waals surface area (Å²) in [7, 11) is 1.67. The zero-order valence-electron chi connectivity index (χ0n) is 11.3. The standard InChI is InChI=1S/C14H22N2O2/c1-10(11(2)15)14(17)16-8-12-4-6-13(7-5-12)9-18-3/h4-7,10-11H,8-9,15H2,1-3H3,(H,16,17). The van der Waals surface area contributed by atoms with Crippen LogP contribution in [0.25, 0.3) is 0 Å². The normalized spacial score (nSPS) is 14.0. The third-order valence-corrected chi connectivity index (χ3v) is 3.00. The van der Waals surface area contributed by atoms with Gasteiger partial charge in [0.1, 0.15) is 0 Å². The first kappa shape index (κ1) is 14.7. The Balaban J connectivity index is 2.46. The second-order valence-electron chi connectivity index (χ2n) is 4.62. The Morgan fingerprint density at radius 1 is 1.28 bits per heavy atom. The van der Waals surface area contributed by atoms with E-state index in [-0.39, 0.29) is 17.9 Å². The van der Waals surface area contributed by atoms with Crippen molar-refractivity contribution in [2.24, 2.45) is 11.7 Å². The molecule has 0 saturated heterocycles. The number of nitrogens with one attached hydrogen (secondary N) is 1.